The number of nitrogens with zero attached hydrogens (tertiary/aromatic N) is 6. The van der Waals surface area contributed by atoms with Gasteiger partial charge in [-0.3, -0.25) is 9.78 Å². The fraction of sp³-hybridized carbons (Fsp3) is 0.240. The molecule has 6 rings (SSSR count). The number of hydrogen-bond donors (Lipinski definition) is 2. The van der Waals surface area contributed by atoms with Crippen molar-refractivity contribution in [3.63, 3.8) is 0 Å². The Hall–Kier alpha value is -4.48. The highest BCUT2D eigenvalue weighted by molar-refractivity contribution is 6.04. The monoisotopic (exact) mass is 506 g/mol. The zero-order valence-corrected chi connectivity index (χ0v) is 19.8. The molecular weight excluding hydrogens is 485 g/mol. The first-order valence-corrected chi connectivity index (χ1v) is 11.5. The summed E-state index contributed by atoms with van der Waals surface area (Å²) in [5.74, 6) is -0.244. The van der Waals surface area contributed by atoms with E-state index in [-0.39, 0.29) is 24.5 Å². The van der Waals surface area contributed by atoms with E-state index in [1.807, 2.05) is 36.6 Å². The molecule has 0 saturated carbocycles. The van der Waals surface area contributed by atoms with Crippen LogP contribution >= 0.6 is 0 Å². The Bertz CT molecular complexity index is 1670. The quantitative estimate of drug-likeness (QED) is 0.367. The van der Waals surface area contributed by atoms with E-state index in [2.05, 4.69) is 24.9 Å². The summed E-state index contributed by atoms with van der Waals surface area (Å²) < 4.78 is 41.8. The summed E-state index contributed by atoms with van der Waals surface area (Å²) in [6.45, 7) is 4.25. The van der Waals surface area contributed by atoms with Crippen molar-refractivity contribution in [2.45, 2.75) is 32.1 Å². The van der Waals surface area contributed by atoms with Gasteiger partial charge in [0.2, 0.25) is 0 Å². The molecule has 9 nitrogen and oxygen atoms in total. The number of pyridine rings is 2. The summed E-state index contributed by atoms with van der Waals surface area (Å²) in [4.78, 5) is 34.8. The minimum atomic E-state index is -4.66. The van der Waals surface area contributed by atoms with Crippen molar-refractivity contribution in [3.8, 4) is 11.3 Å². The van der Waals surface area contributed by atoms with Crippen molar-refractivity contribution in [2.75, 3.05) is 12.3 Å². The van der Waals surface area contributed by atoms with E-state index in [1.165, 1.54) is 17.3 Å². The first-order chi connectivity index (χ1) is 17.5. The van der Waals surface area contributed by atoms with E-state index in [0.717, 1.165) is 34.6 Å². The van der Waals surface area contributed by atoms with Crippen LogP contribution in [0.4, 0.5) is 19.0 Å². The van der Waals surface area contributed by atoms with Crippen molar-refractivity contribution in [2.24, 2.45) is 0 Å². The van der Waals surface area contributed by atoms with Gasteiger partial charge in [-0.15, -0.1) is 0 Å². The minimum Gasteiger partial charge on any atom is -0.383 e. The van der Waals surface area contributed by atoms with Gasteiger partial charge < -0.3 is 20.2 Å². The third kappa shape index (κ3) is 3.59. The molecule has 5 aromatic rings. The molecule has 0 bridgehead atoms. The molecule has 37 heavy (non-hydrogen) atoms. The number of H-pyrrole nitrogens is 1. The number of anilines is 1. The summed E-state index contributed by atoms with van der Waals surface area (Å²) in [6, 6.07) is 7.78. The molecule has 1 aliphatic rings. The van der Waals surface area contributed by atoms with Crippen LogP contribution in [0.1, 0.15) is 35.6 Å². The minimum absolute atomic E-state index is 0.0849. The summed E-state index contributed by atoms with van der Waals surface area (Å²) in [5, 5.41) is 1.52. The van der Waals surface area contributed by atoms with Crippen LogP contribution in [0.2, 0.25) is 0 Å². The molecular formula is C25H21F3N8O. The molecule has 0 unspecified atom stereocenters. The Morgan fingerprint density at radius 1 is 1.11 bits per heavy atom. The molecule has 0 spiro atoms. The first-order valence-electron chi connectivity index (χ1n) is 11.5. The molecule has 1 aliphatic heterocycles. The number of carbonyl (C=O) groups is 1. The van der Waals surface area contributed by atoms with Crippen LogP contribution in [0.5, 0.6) is 0 Å². The number of fused-ring (bicyclic) bond motifs is 4. The van der Waals surface area contributed by atoms with Gasteiger partial charge >= 0.3 is 6.18 Å². The summed E-state index contributed by atoms with van der Waals surface area (Å²) in [6.07, 6.45) is -0.580. The average molecular weight is 506 g/mol. The number of nitrogens with two attached hydrogens (primary N) is 1. The smallest absolute Gasteiger partial charge is 0.383 e. The molecule has 0 aromatic carbocycles. The lowest BCUT2D eigenvalue weighted by Crippen LogP contribution is -2.49. The van der Waals surface area contributed by atoms with Crippen LogP contribution in [-0.2, 0) is 18.3 Å². The van der Waals surface area contributed by atoms with Gasteiger partial charge in [-0.2, -0.15) is 13.2 Å². The van der Waals surface area contributed by atoms with Gasteiger partial charge in [0, 0.05) is 41.1 Å². The second-order valence-corrected chi connectivity index (χ2v) is 9.64. The van der Waals surface area contributed by atoms with Crippen molar-refractivity contribution in [1.29, 1.82) is 0 Å². The number of alkyl halides is 3. The fourth-order valence-corrected chi connectivity index (χ4v) is 5.19. The maximum absolute atomic E-state index is 13.5. The van der Waals surface area contributed by atoms with Gasteiger partial charge in [0.15, 0.2) is 0 Å². The van der Waals surface area contributed by atoms with E-state index >= 15 is 0 Å². The normalized spacial score (nSPS) is 15.3. The Balaban J connectivity index is 1.53. The zero-order chi connectivity index (χ0) is 26.1. The van der Waals surface area contributed by atoms with Crippen LogP contribution in [0, 0.1) is 0 Å². The van der Waals surface area contributed by atoms with Gasteiger partial charge in [-0.05, 0) is 44.2 Å². The Labute approximate surface area is 208 Å². The number of amides is 1. The lowest BCUT2D eigenvalue weighted by Gasteiger charge is -2.41. The largest absolute Gasteiger partial charge is 0.433 e. The Morgan fingerprint density at radius 2 is 1.92 bits per heavy atom. The standard InChI is InChI=1S/C25H21F3N8O/c1-24(2)11-35(23(37)14-5-7-30-17(9-14)25(26,27)28)10-16-18(15-8-13-4-3-6-31-21(13)34-15)19-20(29)32-12-33-22(19)36(16)24/h3-9,12H,10-11H2,1-2H3,(H,31,34)(H2,29,32,33). The molecule has 0 radical (unpaired) electrons. The summed E-state index contributed by atoms with van der Waals surface area (Å²) in [7, 11) is 0. The highest BCUT2D eigenvalue weighted by Gasteiger charge is 2.40. The van der Waals surface area contributed by atoms with Crippen molar-refractivity contribution >= 4 is 33.8 Å². The van der Waals surface area contributed by atoms with Gasteiger partial charge in [-0.1, -0.05) is 0 Å². The SMILES string of the molecule is CC1(C)CN(C(=O)c2ccnc(C(F)(F)F)c2)Cc2c(-c3cc4cccnc4[nH]3)c3c(N)ncnc3n21. The Kier molecular flexibility index (Phi) is 4.81. The predicted molar refractivity (Wildman–Crippen MR) is 130 cm³/mol. The molecule has 3 N–H and O–H groups in total. The van der Waals surface area contributed by atoms with E-state index in [4.69, 9.17) is 5.73 Å². The molecule has 5 aromatic heterocycles. The topological polar surface area (TPSA) is 119 Å². The number of rotatable bonds is 2. The summed E-state index contributed by atoms with van der Waals surface area (Å²) in [5.41, 5.74) is 7.97. The van der Waals surface area contributed by atoms with Crippen LogP contribution in [0.3, 0.4) is 0 Å². The third-order valence-electron chi connectivity index (χ3n) is 6.65. The molecule has 0 fully saturated rings. The highest BCUT2D eigenvalue weighted by atomic mass is 19.4. The number of halogens is 3. The van der Waals surface area contributed by atoms with Crippen molar-refractivity contribution in [1.82, 2.24) is 34.4 Å². The number of hydrogen-bond acceptors (Lipinski definition) is 6. The number of aromatic amines is 1. The van der Waals surface area contributed by atoms with Crippen LogP contribution in [-0.4, -0.2) is 46.8 Å². The number of nitrogen functional groups attached to an aromatic ring is 1. The second kappa shape index (κ2) is 7.76. The molecule has 1 amide bonds. The van der Waals surface area contributed by atoms with Gasteiger partial charge in [0.1, 0.15) is 29.1 Å². The van der Waals surface area contributed by atoms with Gasteiger partial charge in [0.05, 0.1) is 23.2 Å². The maximum Gasteiger partial charge on any atom is 0.433 e. The molecule has 0 atom stereocenters. The molecule has 0 aliphatic carbocycles. The lowest BCUT2D eigenvalue weighted by atomic mass is 9.98. The number of aromatic nitrogens is 6. The molecule has 12 heteroatoms. The first kappa shape index (κ1) is 23.0. The zero-order valence-electron chi connectivity index (χ0n) is 19.8. The lowest BCUT2D eigenvalue weighted by molar-refractivity contribution is -0.141. The second-order valence-electron chi connectivity index (χ2n) is 9.64. The van der Waals surface area contributed by atoms with Crippen molar-refractivity contribution in [3.05, 3.63) is 66.0 Å². The number of carbonyl (C=O) groups excluding carboxylic acids is 1. The average Bonchev–Trinajstić information content (AvgIpc) is 3.42. The number of nitrogens with one attached hydrogen (secondary N) is 1. The van der Waals surface area contributed by atoms with Crippen LogP contribution in [0.15, 0.2) is 49.1 Å². The highest BCUT2D eigenvalue weighted by Crippen LogP contribution is 2.43. The van der Waals surface area contributed by atoms with Crippen LogP contribution < -0.4 is 5.73 Å². The van der Waals surface area contributed by atoms with E-state index < -0.39 is 23.3 Å². The fourth-order valence-electron chi connectivity index (χ4n) is 5.19. The summed E-state index contributed by atoms with van der Waals surface area (Å²) >= 11 is 0. The van der Waals surface area contributed by atoms with E-state index in [9.17, 15) is 18.0 Å². The van der Waals surface area contributed by atoms with E-state index in [0.29, 0.717) is 16.7 Å². The predicted octanol–water partition coefficient (Wildman–Crippen LogP) is 4.36. The van der Waals surface area contributed by atoms with Gasteiger partial charge in [0.25, 0.3) is 5.91 Å². The van der Waals surface area contributed by atoms with Crippen LogP contribution in [0.25, 0.3) is 33.3 Å². The van der Waals surface area contributed by atoms with Gasteiger partial charge in [-0.25, -0.2) is 15.0 Å². The molecule has 6 heterocycles. The molecule has 0 saturated heterocycles. The molecule has 188 valence electrons. The van der Waals surface area contributed by atoms with E-state index in [1.54, 1.807) is 6.20 Å². The Morgan fingerprint density at radius 3 is 2.68 bits per heavy atom. The maximum atomic E-state index is 13.5. The third-order valence-corrected chi connectivity index (χ3v) is 6.65. The van der Waals surface area contributed by atoms with Crippen molar-refractivity contribution < 1.29 is 18.0 Å².